The van der Waals surface area contributed by atoms with Gasteiger partial charge in [0.25, 0.3) is 0 Å². The Morgan fingerprint density at radius 3 is 2.26 bits per heavy atom. The molecule has 0 N–H and O–H groups in total. The lowest BCUT2D eigenvalue weighted by molar-refractivity contribution is 0.157. The summed E-state index contributed by atoms with van der Waals surface area (Å²) < 4.78 is 35.7. The zero-order chi connectivity index (χ0) is 24.4. The fraction of sp³-hybridized carbons (Fsp3) is 0.250. The van der Waals surface area contributed by atoms with Crippen LogP contribution in [0.25, 0.3) is 22.0 Å². The zero-order valence-corrected chi connectivity index (χ0v) is 19.9. The van der Waals surface area contributed by atoms with E-state index in [-0.39, 0.29) is 0 Å². The van der Waals surface area contributed by atoms with Gasteiger partial charge in [0, 0.05) is 42.3 Å². The number of aromatic nitrogens is 1. The fourth-order valence-corrected chi connectivity index (χ4v) is 4.42. The lowest BCUT2D eigenvalue weighted by atomic mass is 10.00. The van der Waals surface area contributed by atoms with Gasteiger partial charge in [0.1, 0.15) is 5.75 Å². The number of carbonyl (C=O) groups is 1. The molecule has 0 aliphatic carbocycles. The largest absolute Gasteiger partial charge is 0.415 e. The van der Waals surface area contributed by atoms with Gasteiger partial charge >= 0.3 is 6.09 Å². The zero-order valence-electron chi connectivity index (χ0n) is 19.9. The summed E-state index contributed by atoms with van der Waals surface area (Å²) >= 11 is 0. The summed E-state index contributed by atoms with van der Waals surface area (Å²) in [6.07, 6.45) is 1.48. The third kappa shape index (κ3) is 4.67. The first-order valence-electron chi connectivity index (χ1n) is 11.4. The van der Waals surface area contributed by atoms with Crippen LogP contribution in [0, 0.1) is 25.5 Å². The van der Waals surface area contributed by atoms with Crippen LogP contribution in [-0.2, 0) is 6.54 Å². The Hall–Kier alpha value is -3.67. The van der Waals surface area contributed by atoms with Crippen LogP contribution in [0.3, 0.4) is 0 Å². The summed E-state index contributed by atoms with van der Waals surface area (Å²) in [5.41, 5.74) is 5.45. The summed E-state index contributed by atoms with van der Waals surface area (Å²) in [6.45, 7) is 9.55. The Morgan fingerprint density at radius 1 is 0.912 bits per heavy atom. The van der Waals surface area contributed by atoms with Gasteiger partial charge in [0.2, 0.25) is 0 Å². The summed E-state index contributed by atoms with van der Waals surface area (Å²) in [7, 11) is 0. The maximum absolute atomic E-state index is 14.2. The van der Waals surface area contributed by atoms with Crippen molar-refractivity contribution < 1.29 is 18.3 Å². The highest BCUT2D eigenvalue weighted by Gasteiger charge is 2.20. The van der Waals surface area contributed by atoms with Gasteiger partial charge < -0.3 is 14.2 Å². The molecular weight excluding hydrogens is 434 g/mol. The third-order valence-electron chi connectivity index (χ3n) is 5.98. The second-order valence-electron chi connectivity index (χ2n) is 8.48. The van der Waals surface area contributed by atoms with Crippen molar-refractivity contribution in [2.24, 2.45) is 0 Å². The molecule has 34 heavy (non-hydrogen) atoms. The normalized spacial score (nSPS) is 11.1. The number of ether oxygens (including phenoxy) is 1. The Bertz CT molecular complexity index is 1340. The predicted molar refractivity (Wildman–Crippen MR) is 131 cm³/mol. The van der Waals surface area contributed by atoms with Crippen molar-refractivity contribution in [1.29, 1.82) is 0 Å². The third-order valence-corrected chi connectivity index (χ3v) is 5.98. The molecule has 0 saturated heterocycles. The van der Waals surface area contributed by atoms with Crippen LogP contribution in [0.2, 0.25) is 0 Å². The Kier molecular flexibility index (Phi) is 6.68. The molecule has 4 rings (SSSR count). The molecular formula is C28H28F2N2O2. The number of fused-ring (bicyclic) bond motifs is 1. The van der Waals surface area contributed by atoms with E-state index in [0.29, 0.717) is 36.5 Å². The number of aryl methyl sites for hydroxylation is 2. The van der Waals surface area contributed by atoms with E-state index in [1.807, 2.05) is 32.2 Å². The molecule has 1 aromatic heterocycles. The average Bonchev–Trinajstić information content (AvgIpc) is 3.18. The number of carbonyl (C=O) groups excluding carboxylic acids is 1. The van der Waals surface area contributed by atoms with Gasteiger partial charge in [-0.2, -0.15) is 0 Å². The second-order valence-corrected chi connectivity index (χ2v) is 8.48. The van der Waals surface area contributed by atoms with E-state index in [0.717, 1.165) is 23.0 Å². The van der Waals surface area contributed by atoms with E-state index >= 15 is 0 Å². The number of hydrogen-bond donors (Lipinski definition) is 0. The highest BCUT2D eigenvalue weighted by Crippen LogP contribution is 2.39. The first-order valence-corrected chi connectivity index (χ1v) is 11.4. The molecule has 0 fully saturated rings. The molecule has 0 spiro atoms. The van der Waals surface area contributed by atoms with E-state index in [9.17, 15) is 13.6 Å². The van der Waals surface area contributed by atoms with E-state index in [2.05, 4.69) is 36.6 Å². The summed E-state index contributed by atoms with van der Waals surface area (Å²) in [5, 5.41) is 0.792. The van der Waals surface area contributed by atoms with Crippen LogP contribution in [-0.4, -0.2) is 28.6 Å². The lowest BCUT2D eigenvalue weighted by Crippen LogP contribution is -2.33. The molecule has 0 unspecified atom stereocenters. The van der Waals surface area contributed by atoms with Crippen molar-refractivity contribution >= 4 is 17.0 Å². The van der Waals surface area contributed by atoms with Gasteiger partial charge in [-0.15, -0.1) is 0 Å². The maximum Gasteiger partial charge on any atom is 0.415 e. The van der Waals surface area contributed by atoms with Crippen LogP contribution in [0.1, 0.15) is 30.5 Å². The van der Waals surface area contributed by atoms with Gasteiger partial charge in [-0.25, -0.2) is 13.6 Å². The minimum Gasteiger partial charge on any atom is -0.410 e. The molecule has 1 heterocycles. The number of nitrogens with zero attached hydrogens (tertiary/aromatic N) is 2. The SMILES string of the molecule is CCN(CC)C(=O)Oc1ccc2c(ccn2Cc2cc(C)cc(C)c2)c1-c1ccc(F)c(F)c1. The van der Waals surface area contributed by atoms with Gasteiger partial charge in [0.05, 0.1) is 0 Å². The minimum absolute atomic E-state index is 0.305. The highest BCUT2D eigenvalue weighted by atomic mass is 19.2. The van der Waals surface area contributed by atoms with Crippen molar-refractivity contribution in [3.63, 3.8) is 0 Å². The van der Waals surface area contributed by atoms with E-state index in [1.165, 1.54) is 22.8 Å². The number of benzene rings is 3. The van der Waals surface area contributed by atoms with Gasteiger partial charge in [0.15, 0.2) is 11.6 Å². The molecule has 0 bridgehead atoms. The van der Waals surface area contributed by atoms with Crippen molar-refractivity contribution in [2.75, 3.05) is 13.1 Å². The smallest absolute Gasteiger partial charge is 0.410 e. The average molecular weight is 463 g/mol. The van der Waals surface area contributed by atoms with E-state index in [4.69, 9.17) is 4.74 Å². The first-order chi connectivity index (χ1) is 16.3. The predicted octanol–water partition coefficient (Wildman–Crippen LogP) is 7.09. The monoisotopic (exact) mass is 462 g/mol. The van der Waals surface area contributed by atoms with Crippen LogP contribution in [0.4, 0.5) is 13.6 Å². The quantitative estimate of drug-likeness (QED) is 0.306. The minimum atomic E-state index is -0.954. The van der Waals surface area contributed by atoms with Gasteiger partial charge in [-0.05, 0) is 69.2 Å². The number of amides is 1. The molecule has 0 saturated carbocycles. The summed E-state index contributed by atoms with van der Waals surface area (Å²) in [5.74, 6) is -1.57. The van der Waals surface area contributed by atoms with Crippen molar-refractivity contribution in [2.45, 2.75) is 34.2 Å². The fourth-order valence-electron chi connectivity index (χ4n) is 4.42. The van der Waals surface area contributed by atoms with E-state index in [1.54, 1.807) is 11.0 Å². The molecule has 4 aromatic rings. The highest BCUT2D eigenvalue weighted by molar-refractivity contribution is 5.99. The molecule has 0 aliphatic heterocycles. The van der Waals surface area contributed by atoms with Crippen molar-refractivity contribution in [3.05, 3.63) is 89.1 Å². The topological polar surface area (TPSA) is 34.5 Å². The van der Waals surface area contributed by atoms with Crippen molar-refractivity contribution in [3.8, 4) is 16.9 Å². The standard InChI is InChI=1S/C28H28F2N2O2/c1-5-31(6-2)28(33)34-26-10-9-25-22(27(26)21-7-8-23(29)24(30)16-21)11-12-32(25)17-20-14-18(3)13-19(4)15-20/h7-16H,5-6,17H2,1-4H3. The van der Waals surface area contributed by atoms with Crippen LogP contribution >= 0.6 is 0 Å². The van der Waals surface area contributed by atoms with Crippen molar-refractivity contribution in [1.82, 2.24) is 9.47 Å². The van der Waals surface area contributed by atoms with E-state index < -0.39 is 17.7 Å². The lowest BCUT2D eigenvalue weighted by Gasteiger charge is -2.20. The van der Waals surface area contributed by atoms with Gasteiger partial charge in [-0.1, -0.05) is 35.4 Å². The Balaban J connectivity index is 1.84. The second kappa shape index (κ2) is 9.67. The Morgan fingerprint density at radius 2 is 1.62 bits per heavy atom. The molecule has 0 radical (unpaired) electrons. The van der Waals surface area contributed by atoms with Crippen LogP contribution in [0.15, 0.2) is 60.8 Å². The number of rotatable bonds is 6. The first kappa shape index (κ1) is 23.5. The van der Waals surface area contributed by atoms with Crippen LogP contribution < -0.4 is 4.74 Å². The van der Waals surface area contributed by atoms with Crippen LogP contribution in [0.5, 0.6) is 5.75 Å². The molecule has 3 aromatic carbocycles. The Labute approximate surface area is 198 Å². The molecule has 6 heteroatoms. The van der Waals surface area contributed by atoms with Gasteiger partial charge in [-0.3, -0.25) is 0 Å². The summed E-state index contributed by atoms with van der Waals surface area (Å²) in [4.78, 5) is 14.2. The summed E-state index contributed by atoms with van der Waals surface area (Å²) in [6, 6.07) is 15.7. The number of hydrogen-bond acceptors (Lipinski definition) is 2. The molecule has 1 amide bonds. The number of halogens is 2. The molecule has 4 nitrogen and oxygen atoms in total. The maximum atomic E-state index is 14.2. The molecule has 176 valence electrons. The molecule has 0 atom stereocenters. The molecule has 0 aliphatic rings.